The molecule has 1 unspecified atom stereocenters. The van der Waals surface area contributed by atoms with E-state index in [1.807, 2.05) is 26.0 Å². The normalized spacial score (nSPS) is 12.5. The SMILES string of the molecule is C=CCN(Cc1ccc(Cl)s1)C(=O)C(N)C(C)C. The Bertz CT molecular complexity index is 417. The second-order valence-electron chi connectivity index (χ2n) is 4.48. The zero-order valence-corrected chi connectivity index (χ0v) is 12.3. The van der Waals surface area contributed by atoms with Gasteiger partial charge in [0.2, 0.25) is 5.91 Å². The molecule has 0 spiro atoms. The van der Waals surface area contributed by atoms with Gasteiger partial charge in [-0.1, -0.05) is 31.5 Å². The minimum Gasteiger partial charge on any atom is -0.332 e. The molecule has 2 N–H and O–H groups in total. The average Bonchev–Trinajstić information content (AvgIpc) is 2.72. The first-order valence-corrected chi connectivity index (χ1v) is 7.04. The lowest BCUT2D eigenvalue weighted by molar-refractivity contribution is -0.133. The molecule has 100 valence electrons. The summed E-state index contributed by atoms with van der Waals surface area (Å²) in [6, 6.07) is 3.29. The summed E-state index contributed by atoms with van der Waals surface area (Å²) in [5, 5.41) is 0. The van der Waals surface area contributed by atoms with Crippen LogP contribution in [0.5, 0.6) is 0 Å². The van der Waals surface area contributed by atoms with Crippen LogP contribution in [0.4, 0.5) is 0 Å². The largest absolute Gasteiger partial charge is 0.332 e. The van der Waals surface area contributed by atoms with Crippen LogP contribution in [-0.4, -0.2) is 23.4 Å². The molecule has 18 heavy (non-hydrogen) atoms. The van der Waals surface area contributed by atoms with Gasteiger partial charge in [0.05, 0.1) is 16.9 Å². The van der Waals surface area contributed by atoms with E-state index in [1.165, 1.54) is 11.3 Å². The van der Waals surface area contributed by atoms with Crippen LogP contribution in [0.3, 0.4) is 0 Å². The molecule has 1 amide bonds. The quantitative estimate of drug-likeness (QED) is 0.818. The number of rotatable bonds is 6. The smallest absolute Gasteiger partial charge is 0.240 e. The van der Waals surface area contributed by atoms with Crippen LogP contribution >= 0.6 is 22.9 Å². The lowest BCUT2D eigenvalue weighted by Gasteiger charge is -2.25. The van der Waals surface area contributed by atoms with Crippen LogP contribution in [0.15, 0.2) is 24.8 Å². The molecule has 5 heteroatoms. The summed E-state index contributed by atoms with van der Waals surface area (Å²) in [6.45, 7) is 8.58. The van der Waals surface area contributed by atoms with Crippen LogP contribution in [-0.2, 0) is 11.3 Å². The molecular formula is C13H19ClN2OS. The summed E-state index contributed by atoms with van der Waals surface area (Å²) >= 11 is 7.36. The van der Waals surface area contributed by atoms with Crippen LogP contribution in [0, 0.1) is 5.92 Å². The first kappa shape index (κ1) is 15.2. The van der Waals surface area contributed by atoms with E-state index in [0.717, 1.165) is 9.21 Å². The highest BCUT2D eigenvalue weighted by atomic mass is 35.5. The van der Waals surface area contributed by atoms with E-state index < -0.39 is 6.04 Å². The van der Waals surface area contributed by atoms with Crippen LogP contribution in [0.1, 0.15) is 18.7 Å². The molecule has 1 heterocycles. The summed E-state index contributed by atoms with van der Waals surface area (Å²) in [6.07, 6.45) is 1.71. The van der Waals surface area contributed by atoms with E-state index in [9.17, 15) is 4.79 Å². The van der Waals surface area contributed by atoms with Crippen molar-refractivity contribution < 1.29 is 4.79 Å². The predicted octanol–water partition coefficient (Wildman–Crippen LogP) is 2.90. The predicted molar refractivity (Wildman–Crippen MR) is 77.8 cm³/mol. The van der Waals surface area contributed by atoms with Crippen molar-refractivity contribution >= 4 is 28.8 Å². The molecule has 0 aliphatic rings. The monoisotopic (exact) mass is 286 g/mol. The Labute approximate surface area is 117 Å². The van der Waals surface area contributed by atoms with Gasteiger partial charge in [-0.3, -0.25) is 4.79 Å². The van der Waals surface area contributed by atoms with Gasteiger partial charge < -0.3 is 10.6 Å². The number of amides is 1. The average molecular weight is 287 g/mol. The van der Waals surface area contributed by atoms with Crippen LogP contribution in [0.2, 0.25) is 4.34 Å². The molecule has 1 rings (SSSR count). The van der Waals surface area contributed by atoms with Crippen LogP contribution < -0.4 is 5.73 Å². The molecule has 0 aliphatic heterocycles. The third-order valence-electron chi connectivity index (χ3n) is 2.64. The Morgan fingerprint density at radius 3 is 2.72 bits per heavy atom. The van der Waals surface area contributed by atoms with E-state index in [4.69, 9.17) is 17.3 Å². The Morgan fingerprint density at radius 1 is 1.61 bits per heavy atom. The molecule has 3 nitrogen and oxygen atoms in total. The van der Waals surface area contributed by atoms with Crippen molar-refractivity contribution in [2.24, 2.45) is 11.7 Å². The van der Waals surface area contributed by atoms with Gasteiger partial charge in [-0.15, -0.1) is 17.9 Å². The molecular weight excluding hydrogens is 268 g/mol. The van der Waals surface area contributed by atoms with Gasteiger partial charge in [0, 0.05) is 11.4 Å². The molecule has 0 aromatic carbocycles. The maximum absolute atomic E-state index is 12.2. The molecule has 0 saturated carbocycles. The molecule has 1 atom stereocenters. The first-order chi connectivity index (χ1) is 8.45. The van der Waals surface area contributed by atoms with Gasteiger partial charge in [0.25, 0.3) is 0 Å². The zero-order chi connectivity index (χ0) is 13.7. The highest BCUT2D eigenvalue weighted by Gasteiger charge is 2.23. The maximum atomic E-state index is 12.2. The number of carbonyl (C=O) groups is 1. The first-order valence-electron chi connectivity index (χ1n) is 5.85. The fourth-order valence-electron chi connectivity index (χ4n) is 1.51. The number of halogens is 1. The zero-order valence-electron chi connectivity index (χ0n) is 10.7. The number of carbonyl (C=O) groups excluding carboxylic acids is 1. The van der Waals surface area contributed by atoms with Gasteiger partial charge in [-0.05, 0) is 18.1 Å². The maximum Gasteiger partial charge on any atom is 0.240 e. The highest BCUT2D eigenvalue weighted by molar-refractivity contribution is 7.16. The molecule has 0 fully saturated rings. The minimum atomic E-state index is -0.472. The number of nitrogens with zero attached hydrogens (tertiary/aromatic N) is 1. The van der Waals surface area contributed by atoms with Crippen molar-refractivity contribution in [2.75, 3.05) is 6.54 Å². The Balaban J connectivity index is 2.76. The molecule has 1 aromatic heterocycles. The molecule has 0 radical (unpaired) electrons. The lowest BCUT2D eigenvalue weighted by atomic mass is 10.0. The summed E-state index contributed by atoms with van der Waals surface area (Å²) in [5.41, 5.74) is 5.90. The summed E-state index contributed by atoms with van der Waals surface area (Å²) < 4.78 is 0.726. The van der Waals surface area contributed by atoms with Gasteiger partial charge >= 0.3 is 0 Å². The van der Waals surface area contributed by atoms with Crippen molar-refractivity contribution in [1.29, 1.82) is 0 Å². The second kappa shape index (κ2) is 6.92. The topological polar surface area (TPSA) is 46.3 Å². The number of thiophene rings is 1. The fraction of sp³-hybridized carbons (Fsp3) is 0.462. The Kier molecular flexibility index (Phi) is 5.85. The Hall–Kier alpha value is -0.840. The van der Waals surface area contributed by atoms with Gasteiger partial charge in [0.1, 0.15) is 0 Å². The summed E-state index contributed by atoms with van der Waals surface area (Å²) in [5.74, 6) is 0.0751. The van der Waals surface area contributed by atoms with Crippen molar-refractivity contribution in [2.45, 2.75) is 26.4 Å². The molecule has 0 aliphatic carbocycles. The molecule has 1 aromatic rings. The van der Waals surface area contributed by atoms with Crippen molar-refractivity contribution in [3.05, 3.63) is 34.0 Å². The fourth-order valence-corrected chi connectivity index (χ4v) is 2.61. The third kappa shape index (κ3) is 4.12. The van der Waals surface area contributed by atoms with Gasteiger partial charge in [-0.2, -0.15) is 0 Å². The number of hydrogen-bond acceptors (Lipinski definition) is 3. The van der Waals surface area contributed by atoms with E-state index >= 15 is 0 Å². The second-order valence-corrected chi connectivity index (χ2v) is 6.28. The van der Waals surface area contributed by atoms with Crippen molar-refractivity contribution in [3.63, 3.8) is 0 Å². The van der Waals surface area contributed by atoms with E-state index in [1.54, 1.807) is 11.0 Å². The number of nitrogens with two attached hydrogens (primary N) is 1. The van der Waals surface area contributed by atoms with Gasteiger partial charge in [0.15, 0.2) is 0 Å². The van der Waals surface area contributed by atoms with E-state index in [0.29, 0.717) is 13.1 Å². The van der Waals surface area contributed by atoms with E-state index in [2.05, 4.69) is 6.58 Å². The lowest BCUT2D eigenvalue weighted by Crippen LogP contribution is -2.46. The van der Waals surface area contributed by atoms with Gasteiger partial charge in [-0.25, -0.2) is 0 Å². The number of hydrogen-bond donors (Lipinski definition) is 1. The summed E-state index contributed by atoms with van der Waals surface area (Å²) in [7, 11) is 0. The summed E-state index contributed by atoms with van der Waals surface area (Å²) in [4.78, 5) is 15.0. The van der Waals surface area contributed by atoms with E-state index in [-0.39, 0.29) is 11.8 Å². The third-order valence-corrected chi connectivity index (χ3v) is 3.86. The highest BCUT2D eigenvalue weighted by Crippen LogP contribution is 2.23. The minimum absolute atomic E-state index is 0.0468. The Morgan fingerprint density at radius 2 is 2.28 bits per heavy atom. The molecule has 0 bridgehead atoms. The molecule has 0 saturated heterocycles. The van der Waals surface area contributed by atoms with Crippen LogP contribution in [0.25, 0.3) is 0 Å². The van der Waals surface area contributed by atoms with Crippen molar-refractivity contribution in [1.82, 2.24) is 4.90 Å². The van der Waals surface area contributed by atoms with Crippen molar-refractivity contribution in [3.8, 4) is 0 Å². The standard InChI is InChI=1S/C13H19ClN2OS/c1-4-7-16(13(17)12(15)9(2)3)8-10-5-6-11(14)18-10/h4-6,9,12H,1,7-8,15H2,2-3H3.